The maximum atomic E-state index is 13.5. The van der Waals surface area contributed by atoms with E-state index in [9.17, 15) is 17.6 Å². The Labute approximate surface area is 96.4 Å². The van der Waals surface area contributed by atoms with Crippen LogP contribution in [0.1, 0.15) is 12.5 Å². The molecule has 0 bridgehead atoms. The van der Waals surface area contributed by atoms with E-state index in [1.165, 1.54) is 7.11 Å². The van der Waals surface area contributed by atoms with E-state index in [1.54, 1.807) is 0 Å². The van der Waals surface area contributed by atoms with E-state index >= 15 is 0 Å². The summed E-state index contributed by atoms with van der Waals surface area (Å²) in [6.45, 7) is 1.10. The number of methoxy groups -OCH3 is 1. The van der Waals surface area contributed by atoms with Crippen LogP contribution in [0.2, 0.25) is 0 Å². The van der Waals surface area contributed by atoms with E-state index in [0.29, 0.717) is 6.07 Å². The summed E-state index contributed by atoms with van der Waals surface area (Å²) < 4.78 is 56.3. The van der Waals surface area contributed by atoms with Crippen LogP contribution in [-0.4, -0.2) is 19.1 Å². The molecule has 1 aromatic carbocycles. The molecular formula is C11H13F4NO. The van der Waals surface area contributed by atoms with Gasteiger partial charge in [-0.25, -0.2) is 17.6 Å². The number of ether oxygens (including phenoxy) is 1. The molecule has 2 N–H and O–H groups in total. The first kappa shape index (κ1) is 13.8. The monoisotopic (exact) mass is 251 g/mol. The number of alkyl halides is 2. The minimum absolute atomic E-state index is 0.125. The quantitative estimate of drug-likeness (QED) is 0.834. The van der Waals surface area contributed by atoms with E-state index < -0.39 is 30.0 Å². The highest BCUT2D eigenvalue weighted by atomic mass is 19.3. The number of nitrogens with two attached hydrogens (primary N) is 1. The van der Waals surface area contributed by atoms with Gasteiger partial charge < -0.3 is 10.5 Å². The van der Waals surface area contributed by atoms with Gasteiger partial charge in [-0.15, -0.1) is 0 Å². The van der Waals surface area contributed by atoms with Crippen molar-refractivity contribution in [3.8, 4) is 5.75 Å². The molecule has 0 radical (unpaired) electrons. The van der Waals surface area contributed by atoms with E-state index in [-0.39, 0.29) is 11.3 Å². The highest BCUT2D eigenvalue weighted by molar-refractivity contribution is 5.36. The minimum atomic E-state index is -2.82. The Bertz CT molecular complexity index is 407. The summed E-state index contributed by atoms with van der Waals surface area (Å²) in [5.41, 5.74) is 3.31. The molecule has 6 heteroatoms. The third-order valence-corrected chi connectivity index (χ3v) is 2.40. The fourth-order valence-corrected chi connectivity index (χ4v) is 1.39. The molecule has 2 nitrogen and oxygen atoms in total. The lowest BCUT2D eigenvalue weighted by molar-refractivity contribution is 0.0631. The minimum Gasteiger partial charge on any atom is -0.496 e. The molecule has 17 heavy (non-hydrogen) atoms. The Morgan fingerprint density at radius 1 is 1.35 bits per heavy atom. The molecule has 0 aliphatic heterocycles. The summed E-state index contributed by atoms with van der Waals surface area (Å²) in [6.07, 6.45) is -3.27. The van der Waals surface area contributed by atoms with Crippen molar-refractivity contribution in [3.05, 3.63) is 29.3 Å². The van der Waals surface area contributed by atoms with Crippen LogP contribution >= 0.6 is 0 Å². The summed E-state index contributed by atoms with van der Waals surface area (Å²) in [6, 6.07) is 1.54. The van der Waals surface area contributed by atoms with Gasteiger partial charge in [-0.1, -0.05) is 0 Å². The molecule has 1 rings (SSSR count). The third kappa shape index (κ3) is 3.09. The smallest absolute Gasteiger partial charge is 0.256 e. The zero-order valence-corrected chi connectivity index (χ0v) is 9.44. The first-order valence-electron chi connectivity index (χ1n) is 4.87. The van der Waals surface area contributed by atoms with Gasteiger partial charge in [0.2, 0.25) is 0 Å². The molecule has 0 amide bonds. The summed E-state index contributed by atoms with van der Waals surface area (Å²) in [5, 5.41) is 0. The number of benzene rings is 1. The average Bonchev–Trinajstić information content (AvgIpc) is 2.21. The first-order chi connectivity index (χ1) is 7.77. The van der Waals surface area contributed by atoms with E-state index in [1.807, 2.05) is 0 Å². The standard InChI is InChI=1S/C11H13F4NO/c1-11(16,10(14)15)5-7-8(13)3-6(12)4-9(7)17-2/h3-4,10H,5,16H2,1-2H3. The molecule has 0 aromatic heterocycles. The lowest BCUT2D eigenvalue weighted by Crippen LogP contribution is -2.46. The molecule has 0 spiro atoms. The van der Waals surface area contributed by atoms with Gasteiger partial charge in [-0.05, 0) is 6.92 Å². The van der Waals surface area contributed by atoms with Gasteiger partial charge in [0.1, 0.15) is 17.4 Å². The van der Waals surface area contributed by atoms with Gasteiger partial charge in [0.25, 0.3) is 6.43 Å². The molecular weight excluding hydrogens is 238 g/mol. The molecule has 96 valence electrons. The summed E-state index contributed by atoms with van der Waals surface area (Å²) >= 11 is 0. The van der Waals surface area contributed by atoms with Crippen LogP contribution < -0.4 is 10.5 Å². The highest BCUT2D eigenvalue weighted by Gasteiger charge is 2.32. The normalized spacial score (nSPS) is 14.8. The van der Waals surface area contributed by atoms with Crippen molar-refractivity contribution < 1.29 is 22.3 Å². The molecule has 1 unspecified atom stereocenters. The van der Waals surface area contributed by atoms with Gasteiger partial charge in [0.05, 0.1) is 12.6 Å². The molecule has 0 saturated heterocycles. The van der Waals surface area contributed by atoms with Gasteiger partial charge in [0, 0.05) is 24.1 Å². The molecule has 0 aliphatic rings. The van der Waals surface area contributed by atoms with Crippen LogP contribution in [0.4, 0.5) is 17.6 Å². The van der Waals surface area contributed by atoms with Crippen LogP contribution in [0.15, 0.2) is 12.1 Å². The zero-order chi connectivity index (χ0) is 13.2. The summed E-state index contributed by atoms with van der Waals surface area (Å²) in [7, 11) is 1.20. The Balaban J connectivity index is 3.14. The van der Waals surface area contributed by atoms with Crippen LogP contribution in [-0.2, 0) is 6.42 Å². The first-order valence-corrected chi connectivity index (χ1v) is 4.87. The molecule has 0 fully saturated rings. The number of halogens is 4. The second-order valence-electron chi connectivity index (χ2n) is 4.05. The van der Waals surface area contributed by atoms with Crippen LogP contribution in [0, 0.1) is 11.6 Å². The Hall–Kier alpha value is -1.30. The van der Waals surface area contributed by atoms with Gasteiger partial charge in [0.15, 0.2) is 0 Å². The molecule has 0 aliphatic carbocycles. The van der Waals surface area contributed by atoms with E-state index in [2.05, 4.69) is 0 Å². The molecule has 1 aromatic rings. The van der Waals surface area contributed by atoms with Crippen molar-refractivity contribution in [1.29, 1.82) is 0 Å². The Morgan fingerprint density at radius 2 is 1.94 bits per heavy atom. The van der Waals surface area contributed by atoms with Crippen molar-refractivity contribution in [2.75, 3.05) is 7.11 Å². The highest BCUT2D eigenvalue weighted by Crippen LogP contribution is 2.28. The van der Waals surface area contributed by atoms with Gasteiger partial charge in [-0.2, -0.15) is 0 Å². The Morgan fingerprint density at radius 3 is 2.41 bits per heavy atom. The maximum absolute atomic E-state index is 13.5. The third-order valence-electron chi connectivity index (χ3n) is 2.40. The van der Waals surface area contributed by atoms with Gasteiger partial charge >= 0.3 is 0 Å². The second-order valence-corrected chi connectivity index (χ2v) is 4.05. The largest absolute Gasteiger partial charge is 0.496 e. The van der Waals surface area contributed by atoms with Crippen molar-refractivity contribution in [2.45, 2.75) is 25.3 Å². The fraction of sp³-hybridized carbons (Fsp3) is 0.455. The van der Waals surface area contributed by atoms with Crippen molar-refractivity contribution in [2.24, 2.45) is 5.73 Å². The van der Waals surface area contributed by atoms with Crippen molar-refractivity contribution >= 4 is 0 Å². The Kier molecular flexibility index (Phi) is 3.98. The number of hydrogen-bond donors (Lipinski definition) is 1. The van der Waals surface area contributed by atoms with E-state index in [4.69, 9.17) is 10.5 Å². The molecule has 0 heterocycles. The lowest BCUT2D eigenvalue weighted by atomic mass is 9.93. The van der Waals surface area contributed by atoms with Crippen LogP contribution in [0.3, 0.4) is 0 Å². The summed E-state index contributed by atoms with van der Waals surface area (Å²) in [5.74, 6) is -1.90. The van der Waals surface area contributed by atoms with E-state index in [0.717, 1.165) is 13.0 Å². The predicted octanol–water partition coefficient (Wildman–Crippen LogP) is 2.50. The molecule has 0 saturated carbocycles. The predicted molar refractivity (Wildman–Crippen MR) is 55.2 cm³/mol. The second kappa shape index (κ2) is 4.91. The lowest BCUT2D eigenvalue weighted by Gasteiger charge is -2.24. The molecule has 1 atom stereocenters. The topological polar surface area (TPSA) is 35.2 Å². The van der Waals surface area contributed by atoms with Crippen LogP contribution in [0.5, 0.6) is 5.75 Å². The fourth-order valence-electron chi connectivity index (χ4n) is 1.39. The SMILES string of the molecule is COc1cc(F)cc(F)c1CC(C)(N)C(F)F. The summed E-state index contributed by atoms with van der Waals surface area (Å²) in [4.78, 5) is 0. The zero-order valence-electron chi connectivity index (χ0n) is 9.44. The van der Waals surface area contributed by atoms with Crippen LogP contribution in [0.25, 0.3) is 0 Å². The average molecular weight is 251 g/mol. The maximum Gasteiger partial charge on any atom is 0.256 e. The number of hydrogen-bond acceptors (Lipinski definition) is 2. The van der Waals surface area contributed by atoms with Crippen molar-refractivity contribution in [1.82, 2.24) is 0 Å². The number of rotatable bonds is 4. The van der Waals surface area contributed by atoms with Crippen molar-refractivity contribution in [3.63, 3.8) is 0 Å². The van der Waals surface area contributed by atoms with Gasteiger partial charge in [-0.3, -0.25) is 0 Å².